The standard InChI is InChI=1S/C18H21N3O2S/c1-11-19-15-7-6-14(9-16(15)24-11)20-17(22)13-3-2-8-21(10-13)18(23)12-4-5-12/h6-7,9,12-13H,2-5,8,10H2,1H3,(H,20,22)/t13-/m0/s1. The van der Waals surface area contributed by atoms with E-state index in [1.807, 2.05) is 30.0 Å². The van der Waals surface area contributed by atoms with Gasteiger partial charge in [-0.2, -0.15) is 0 Å². The topological polar surface area (TPSA) is 62.3 Å². The summed E-state index contributed by atoms with van der Waals surface area (Å²) >= 11 is 1.63. The fourth-order valence-electron chi connectivity index (χ4n) is 3.34. The van der Waals surface area contributed by atoms with E-state index >= 15 is 0 Å². The predicted molar refractivity (Wildman–Crippen MR) is 95.0 cm³/mol. The lowest BCUT2D eigenvalue weighted by molar-refractivity contribution is -0.135. The number of hydrogen-bond donors (Lipinski definition) is 1. The summed E-state index contributed by atoms with van der Waals surface area (Å²) in [5.41, 5.74) is 1.77. The molecule has 0 spiro atoms. The number of nitrogens with one attached hydrogen (secondary N) is 1. The average Bonchev–Trinajstić information content (AvgIpc) is 3.36. The third-order valence-corrected chi connectivity index (χ3v) is 5.73. The molecule has 6 heteroatoms. The molecule has 1 aliphatic heterocycles. The third-order valence-electron chi connectivity index (χ3n) is 4.79. The molecule has 1 aliphatic carbocycles. The SMILES string of the molecule is Cc1nc2ccc(NC(=O)[C@H]3CCCN(C(=O)C4CC4)C3)cc2s1. The first kappa shape index (κ1) is 15.6. The normalized spacial score (nSPS) is 21.0. The Balaban J connectivity index is 1.43. The van der Waals surface area contributed by atoms with Gasteiger partial charge >= 0.3 is 0 Å². The summed E-state index contributed by atoms with van der Waals surface area (Å²) in [6.45, 7) is 3.34. The van der Waals surface area contributed by atoms with Crippen LogP contribution in [0.5, 0.6) is 0 Å². The van der Waals surface area contributed by atoms with Gasteiger partial charge in [-0.3, -0.25) is 9.59 Å². The Morgan fingerprint density at radius 2 is 2.08 bits per heavy atom. The Kier molecular flexibility index (Phi) is 4.00. The zero-order valence-corrected chi connectivity index (χ0v) is 14.6. The van der Waals surface area contributed by atoms with Crippen LogP contribution in [0.2, 0.25) is 0 Å². The number of carbonyl (C=O) groups excluding carboxylic acids is 2. The lowest BCUT2D eigenvalue weighted by Crippen LogP contribution is -2.44. The smallest absolute Gasteiger partial charge is 0.229 e. The van der Waals surface area contributed by atoms with Crippen LogP contribution in [-0.2, 0) is 9.59 Å². The molecule has 2 heterocycles. The molecule has 24 heavy (non-hydrogen) atoms. The van der Waals surface area contributed by atoms with Gasteiger partial charge in [0, 0.05) is 24.7 Å². The summed E-state index contributed by atoms with van der Waals surface area (Å²) < 4.78 is 1.08. The molecule has 2 aromatic rings. The molecule has 1 atom stereocenters. The number of nitrogens with zero attached hydrogens (tertiary/aromatic N) is 2. The minimum Gasteiger partial charge on any atom is -0.342 e. The maximum atomic E-state index is 12.6. The summed E-state index contributed by atoms with van der Waals surface area (Å²) in [6.07, 6.45) is 3.78. The van der Waals surface area contributed by atoms with Crippen LogP contribution in [0.1, 0.15) is 30.7 Å². The molecule has 126 valence electrons. The Morgan fingerprint density at radius 1 is 1.25 bits per heavy atom. The maximum absolute atomic E-state index is 12.6. The van der Waals surface area contributed by atoms with Crippen LogP contribution in [0.25, 0.3) is 10.2 Å². The number of aryl methyl sites for hydroxylation is 1. The quantitative estimate of drug-likeness (QED) is 0.931. The summed E-state index contributed by atoms with van der Waals surface area (Å²) in [7, 11) is 0. The predicted octanol–water partition coefficient (Wildman–Crippen LogP) is 3.19. The third kappa shape index (κ3) is 3.15. The molecule has 2 amide bonds. The maximum Gasteiger partial charge on any atom is 0.229 e. The van der Waals surface area contributed by atoms with Gasteiger partial charge < -0.3 is 10.2 Å². The number of carbonyl (C=O) groups is 2. The van der Waals surface area contributed by atoms with Crippen LogP contribution in [0, 0.1) is 18.8 Å². The monoisotopic (exact) mass is 343 g/mol. The highest BCUT2D eigenvalue weighted by Gasteiger charge is 2.36. The number of anilines is 1. The Morgan fingerprint density at radius 3 is 2.88 bits per heavy atom. The van der Waals surface area contributed by atoms with E-state index in [2.05, 4.69) is 10.3 Å². The number of benzene rings is 1. The number of thiazole rings is 1. The van der Waals surface area contributed by atoms with Crippen LogP contribution in [0.3, 0.4) is 0 Å². The fourth-order valence-corrected chi connectivity index (χ4v) is 4.21. The van der Waals surface area contributed by atoms with Crippen molar-refractivity contribution in [2.45, 2.75) is 32.6 Å². The molecule has 1 saturated carbocycles. The van der Waals surface area contributed by atoms with Gasteiger partial charge in [-0.05, 0) is 50.8 Å². The molecule has 0 bridgehead atoms. The molecule has 2 aliphatic rings. The number of rotatable bonds is 3. The lowest BCUT2D eigenvalue weighted by atomic mass is 9.96. The number of aromatic nitrogens is 1. The van der Waals surface area contributed by atoms with E-state index in [1.165, 1.54) is 0 Å². The molecular formula is C18H21N3O2S. The highest BCUT2D eigenvalue weighted by molar-refractivity contribution is 7.18. The Hall–Kier alpha value is -1.95. The van der Waals surface area contributed by atoms with Crippen molar-refractivity contribution in [1.29, 1.82) is 0 Å². The van der Waals surface area contributed by atoms with Crippen LogP contribution < -0.4 is 5.32 Å². The molecule has 1 aromatic carbocycles. The van der Waals surface area contributed by atoms with Crippen molar-refractivity contribution >= 4 is 39.1 Å². The second-order valence-electron chi connectivity index (χ2n) is 6.80. The van der Waals surface area contributed by atoms with Crippen molar-refractivity contribution in [2.75, 3.05) is 18.4 Å². The van der Waals surface area contributed by atoms with Gasteiger partial charge in [0.2, 0.25) is 11.8 Å². The second kappa shape index (κ2) is 6.16. The highest BCUT2D eigenvalue weighted by atomic mass is 32.1. The largest absolute Gasteiger partial charge is 0.342 e. The highest BCUT2D eigenvalue weighted by Crippen LogP contribution is 2.33. The summed E-state index contributed by atoms with van der Waals surface area (Å²) in [5, 5.41) is 4.04. The summed E-state index contributed by atoms with van der Waals surface area (Å²) in [5.74, 6) is 0.377. The van der Waals surface area contributed by atoms with Crippen molar-refractivity contribution in [3.8, 4) is 0 Å². The van der Waals surface area contributed by atoms with Crippen molar-refractivity contribution < 1.29 is 9.59 Å². The lowest BCUT2D eigenvalue weighted by Gasteiger charge is -2.32. The zero-order valence-electron chi connectivity index (χ0n) is 13.7. The number of fused-ring (bicyclic) bond motifs is 1. The molecule has 0 radical (unpaired) electrons. The van der Waals surface area contributed by atoms with Gasteiger partial charge in [-0.1, -0.05) is 0 Å². The van der Waals surface area contributed by atoms with Gasteiger partial charge in [0.25, 0.3) is 0 Å². The summed E-state index contributed by atoms with van der Waals surface area (Å²) in [4.78, 5) is 31.2. The van der Waals surface area contributed by atoms with Gasteiger partial charge in [0.05, 0.1) is 21.1 Å². The molecule has 1 saturated heterocycles. The molecule has 1 N–H and O–H groups in total. The van der Waals surface area contributed by atoms with Gasteiger partial charge in [0.1, 0.15) is 0 Å². The minimum atomic E-state index is -0.111. The van der Waals surface area contributed by atoms with Crippen molar-refractivity contribution in [3.63, 3.8) is 0 Å². The first-order valence-electron chi connectivity index (χ1n) is 8.57. The van der Waals surface area contributed by atoms with E-state index in [1.54, 1.807) is 11.3 Å². The van der Waals surface area contributed by atoms with Gasteiger partial charge in [0.15, 0.2) is 0 Å². The van der Waals surface area contributed by atoms with E-state index in [4.69, 9.17) is 0 Å². The average molecular weight is 343 g/mol. The van der Waals surface area contributed by atoms with Crippen molar-refractivity contribution in [3.05, 3.63) is 23.2 Å². The van der Waals surface area contributed by atoms with Crippen LogP contribution in [-0.4, -0.2) is 34.8 Å². The van der Waals surface area contributed by atoms with Gasteiger partial charge in [-0.25, -0.2) is 4.98 Å². The van der Waals surface area contributed by atoms with Crippen LogP contribution >= 0.6 is 11.3 Å². The van der Waals surface area contributed by atoms with Crippen molar-refractivity contribution in [2.24, 2.45) is 11.8 Å². The number of likely N-dealkylation sites (tertiary alicyclic amines) is 1. The van der Waals surface area contributed by atoms with Gasteiger partial charge in [-0.15, -0.1) is 11.3 Å². The molecule has 4 rings (SSSR count). The van der Waals surface area contributed by atoms with E-state index in [-0.39, 0.29) is 23.7 Å². The van der Waals surface area contributed by atoms with E-state index in [9.17, 15) is 9.59 Å². The first-order valence-corrected chi connectivity index (χ1v) is 9.38. The minimum absolute atomic E-state index is 0.0175. The Bertz CT molecular complexity index is 797. The summed E-state index contributed by atoms with van der Waals surface area (Å²) in [6, 6.07) is 5.82. The number of hydrogen-bond acceptors (Lipinski definition) is 4. The van der Waals surface area contributed by atoms with E-state index < -0.39 is 0 Å². The molecule has 5 nitrogen and oxygen atoms in total. The number of piperidine rings is 1. The Labute approximate surface area is 145 Å². The molecule has 1 aromatic heterocycles. The first-order chi connectivity index (χ1) is 11.6. The van der Waals surface area contributed by atoms with Crippen LogP contribution in [0.4, 0.5) is 5.69 Å². The molecular weight excluding hydrogens is 322 g/mol. The second-order valence-corrected chi connectivity index (χ2v) is 8.04. The molecule has 2 fully saturated rings. The molecule has 0 unspecified atom stereocenters. The zero-order chi connectivity index (χ0) is 16.7. The van der Waals surface area contributed by atoms with E-state index in [0.29, 0.717) is 6.54 Å². The van der Waals surface area contributed by atoms with Crippen LogP contribution in [0.15, 0.2) is 18.2 Å². The van der Waals surface area contributed by atoms with Crippen molar-refractivity contribution in [1.82, 2.24) is 9.88 Å². The fraction of sp³-hybridized carbons (Fsp3) is 0.500. The van der Waals surface area contributed by atoms with E-state index in [0.717, 1.165) is 53.1 Å². The number of amides is 2.